The summed E-state index contributed by atoms with van der Waals surface area (Å²) in [5, 5.41) is 25.7. The van der Waals surface area contributed by atoms with Crippen LogP contribution < -0.4 is 0 Å². The smallest absolute Gasteiger partial charge is 0.376 e. The molecule has 0 fully saturated rings. The summed E-state index contributed by atoms with van der Waals surface area (Å²) in [5.41, 5.74) is 0.840. The van der Waals surface area contributed by atoms with Crippen LogP contribution in [-0.4, -0.2) is 37.0 Å². The van der Waals surface area contributed by atoms with Gasteiger partial charge < -0.3 is 10.2 Å². The summed E-state index contributed by atoms with van der Waals surface area (Å²) in [4.78, 5) is 21.4. The van der Waals surface area contributed by atoms with Gasteiger partial charge >= 0.3 is 5.97 Å². The van der Waals surface area contributed by atoms with E-state index in [4.69, 9.17) is 5.11 Å². The minimum atomic E-state index is -1.69. The molecule has 2 N–H and O–H groups in total. The van der Waals surface area contributed by atoms with Gasteiger partial charge in [0, 0.05) is 6.08 Å². The van der Waals surface area contributed by atoms with Gasteiger partial charge in [0.1, 0.15) is 11.6 Å². The molecule has 0 spiro atoms. The van der Waals surface area contributed by atoms with Crippen molar-refractivity contribution in [2.75, 3.05) is 0 Å². The molecule has 0 aliphatic carbocycles. The maximum atomic E-state index is 12.9. The third kappa shape index (κ3) is 2.94. The van der Waals surface area contributed by atoms with Crippen LogP contribution in [-0.2, 0) is 9.59 Å². The summed E-state index contributed by atoms with van der Waals surface area (Å²) >= 11 is 0. The van der Waals surface area contributed by atoms with Crippen molar-refractivity contribution in [1.29, 1.82) is 0 Å². The molecular weight excluding hydrogens is 281 g/mol. The second kappa shape index (κ2) is 5.53. The molecule has 0 bridgehead atoms. The molecule has 0 unspecified atom stereocenters. The average Bonchev–Trinajstić information content (AvgIpc) is 2.81. The van der Waals surface area contributed by atoms with Gasteiger partial charge in [0.15, 0.2) is 5.69 Å². The van der Waals surface area contributed by atoms with Crippen molar-refractivity contribution in [1.82, 2.24) is 15.0 Å². The van der Waals surface area contributed by atoms with E-state index in [-0.39, 0.29) is 5.69 Å². The SMILES string of the molecule is Cc1c(/C(O)=C/C(=O)C(=O)O)nnn1-c1ccc(F)cc1. The van der Waals surface area contributed by atoms with Crippen molar-refractivity contribution in [2.45, 2.75) is 6.92 Å². The highest BCUT2D eigenvalue weighted by atomic mass is 19.1. The lowest BCUT2D eigenvalue weighted by Gasteiger charge is -2.03. The molecule has 8 heteroatoms. The van der Waals surface area contributed by atoms with Crippen LogP contribution in [0.1, 0.15) is 11.4 Å². The Bertz CT molecular complexity index is 734. The van der Waals surface area contributed by atoms with E-state index in [1.54, 1.807) is 6.92 Å². The summed E-state index contributed by atoms with van der Waals surface area (Å²) in [7, 11) is 0. The molecule has 0 saturated carbocycles. The van der Waals surface area contributed by atoms with Gasteiger partial charge in [0.25, 0.3) is 5.78 Å². The van der Waals surface area contributed by atoms with Crippen LogP contribution in [0.25, 0.3) is 11.4 Å². The molecule has 0 atom stereocenters. The number of carbonyl (C=O) groups excluding carboxylic acids is 1. The number of aliphatic hydroxyl groups is 1. The lowest BCUT2D eigenvalue weighted by atomic mass is 10.2. The van der Waals surface area contributed by atoms with Crippen LogP contribution in [0.15, 0.2) is 30.3 Å². The first kappa shape index (κ1) is 14.4. The van der Waals surface area contributed by atoms with Gasteiger partial charge in [-0.2, -0.15) is 0 Å². The van der Waals surface area contributed by atoms with Gasteiger partial charge in [0.2, 0.25) is 0 Å². The van der Waals surface area contributed by atoms with E-state index in [0.29, 0.717) is 17.5 Å². The molecule has 2 aromatic rings. The van der Waals surface area contributed by atoms with Crippen LogP contribution in [0.2, 0.25) is 0 Å². The first-order chi connectivity index (χ1) is 9.90. The largest absolute Gasteiger partial charge is 0.505 e. The number of nitrogens with zero attached hydrogens (tertiary/aromatic N) is 3. The Labute approximate surface area is 117 Å². The Morgan fingerprint density at radius 3 is 2.43 bits per heavy atom. The first-order valence-corrected chi connectivity index (χ1v) is 5.76. The predicted molar refractivity (Wildman–Crippen MR) is 69.3 cm³/mol. The average molecular weight is 291 g/mol. The highest BCUT2D eigenvalue weighted by Crippen LogP contribution is 2.17. The fraction of sp³-hybridized carbons (Fsp3) is 0.0769. The lowest BCUT2D eigenvalue weighted by Crippen LogP contribution is -2.09. The van der Waals surface area contributed by atoms with E-state index < -0.39 is 23.3 Å². The van der Waals surface area contributed by atoms with Crippen LogP contribution in [0.4, 0.5) is 4.39 Å². The number of carboxylic acid groups (broad SMARTS) is 1. The third-order valence-electron chi connectivity index (χ3n) is 2.69. The summed E-state index contributed by atoms with van der Waals surface area (Å²) < 4.78 is 14.2. The topological polar surface area (TPSA) is 105 Å². The zero-order chi connectivity index (χ0) is 15.6. The summed E-state index contributed by atoms with van der Waals surface area (Å²) in [6.45, 7) is 1.56. The fourth-order valence-corrected chi connectivity index (χ4v) is 1.65. The molecular formula is C13H10FN3O4. The Morgan fingerprint density at radius 1 is 1.24 bits per heavy atom. The number of halogens is 1. The molecule has 7 nitrogen and oxygen atoms in total. The van der Waals surface area contributed by atoms with E-state index in [9.17, 15) is 19.1 Å². The molecule has 108 valence electrons. The van der Waals surface area contributed by atoms with Crippen molar-refractivity contribution in [2.24, 2.45) is 0 Å². The van der Waals surface area contributed by atoms with E-state index in [0.717, 1.165) is 0 Å². The Kier molecular flexibility index (Phi) is 3.79. The molecule has 0 radical (unpaired) electrons. The highest BCUT2D eigenvalue weighted by molar-refractivity contribution is 6.38. The quantitative estimate of drug-likeness (QED) is 0.499. The predicted octanol–water partition coefficient (Wildman–Crippen LogP) is 1.27. The van der Waals surface area contributed by atoms with Crippen LogP contribution in [0, 0.1) is 12.7 Å². The maximum absolute atomic E-state index is 12.9. The highest BCUT2D eigenvalue weighted by Gasteiger charge is 2.17. The molecule has 0 aliphatic heterocycles. The molecule has 2 rings (SSSR count). The van der Waals surface area contributed by atoms with Crippen molar-refractivity contribution in [3.8, 4) is 5.69 Å². The van der Waals surface area contributed by atoms with E-state index in [1.807, 2.05) is 0 Å². The Balaban J connectivity index is 2.39. The normalized spacial score (nSPS) is 11.4. The number of hydrogen-bond acceptors (Lipinski definition) is 5. The van der Waals surface area contributed by atoms with E-state index in [1.165, 1.54) is 28.9 Å². The number of hydrogen-bond donors (Lipinski definition) is 2. The van der Waals surface area contributed by atoms with Gasteiger partial charge in [-0.15, -0.1) is 5.10 Å². The van der Waals surface area contributed by atoms with Crippen molar-refractivity contribution in [3.63, 3.8) is 0 Å². The number of carbonyl (C=O) groups is 2. The summed E-state index contributed by atoms with van der Waals surface area (Å²) in [6, 6.07) is 5.40. The van der Waals surface area contributed by atoms with E-state index in [2.05, 4.69) is 10.3 Å². The zero-order valence-corrected chi connectivity index (χ0v) is 10.8. The lowest BCUT2D eigenvalue weighted by molar-refractivity contribution is -0.146. The minimum absolute atomic E-state index is 0.0334. The van der Waals surface area contributed by atoms with Crippen LogP contribution >= 0.6 is 0 Å². The van der Waals surface area contributed by atoms with Crippen LogP contribution in [0.5, 0.6) is 0 Å². The molecule has 1 heterocycles. The standard InChI is InChI=1S/C13H10FN3O4/c1-7-12(10(18)6-11(19)13(20)21)15-16-17(7)9-4-2-8(14)3-5-9/h2-6,18H,1H3,(H,20,21)/b10-6-. The molecule has 0 aliphatic rings. The summed E-state index contributed by atoms with van der Waals surface area (Å²) in [5.74, 6) is -3.98. The van der Waals surface area contributed by atoms with Gasteiger partial charge in [-0.3, -0.25) is 4.79 Å². The molecule has 1 aromatic carbocycles. The van der Waals surface area contributed by atoms with Gasteiger partial charge in [-0.25, -0.2) is 13.9 Å². The van der Waals surface area contributed by atoms with Gasteiger partial charge in [-0.1, -0.05) is 5.21 Å². The number of rotatable bonds is 4. The van der Waals surface area contributed by atoms with Gasteiger partial charge in [-0.05, 0) is 31.2 Å². The first-order valence-electron chi connectivity index (χ1n) is 5.76. The number of carboxylic acids is 1. The Morgan fingerprint density at radius 2 is 1.86 bits per heavy atom. The third-order valence-corrected chi connectivity index (χ3v) is 2.69. The fourth-order valence-electron chi connectivity index (χ4n) is 1.65. The number of aliphatic hydroxyl groups excluding tert-OH is 1. The molecule has 0 saturated heterocycles. The number of ketones is 1. The molecule has 21 heavy (non-hydrogen) atoms. The van der Waals surface area contributed by atoms with Crippen molar-refractivity contribution < 1.29 is 24.2 Å². The number of benzene rings is 1. The molecule has 1 aromatic heterocycles. The second-order valence-electron chi connectivity index (χ2n) is 4.11. The summed E-state index contributed by atoms with van der Waals surface area (Å²) in [6.07, 6.45) is 0.550. The number of aliphatic carboxylic acids is 1. The van der Waals surface area contributed by atoms with Crippen molar-refractivity contribution >= 4 is 17.5 Å². The van der Waals surface area contributed by atoms with Crippen LogP contribution in [0.3, 0.4) is 0 Å². The maximum Gasteiger partial charge on any atom is 0.376 e. The monoisotopic (exact) mass is 291 g/mol. The second-order valence-corrected chi connectivity index (χ2v) is 4.11. The van der Waals surface area contributed by atoms with Crippen molar-refractivity contribution in [3.05, 3.63) is 47.5 Å². The molecule has 0 amide bonds. The minimum Gasteiger partial charge on any atom is -0.505 e. The number of aromatic nitrogens is 3. The zero-order valence-electron chi connectivity index (χ0n) is 10.8. The Hall–Kier alpha value is -3.03. The van der Waals surface area contributed by atoms with Gasteiger partial charge in [0.05, 0.1) is 11.4 Å². The van der Waals surface area contributed by atoms with E-state index >= 15 is 0 Å².